The summed E-state index contributed by atoms with van der Waals surface area (Å²) in [7, 11) is -4.66. The highest BCUT2D eigenvalue weighted by Crippen LogP contribution is 2.43. The number of aliphatic hydroxyl groups excluding tert-OH is 3. The second-order valence-electron chi connectivity index (χ2n) is 13.5. The third-order valence-electron chi connectivity index (χ3n) is 8.10. The third kappa shape index (κ3) is 38.0. The largest absolute Gasteiger partial charge is 0.472 e. The van der Waals surface area contributed by atoms with Crippen LogP contribution in [-0.4, -0.2) is 76.9 Å². The molecule has 1 unspecified atom stereocenters. The van der Waals surface area contributed by atoms with E-state index in [-0.39, 0.29) is 19.4 Å². The van der Waals surface area contributed by atoms with Crippen LogP contribution in [0.2, 0.25) is 0 Å². The van der Waals surface area contributed by atoms with Gasteiger partial charge >= 0.3 is 19.8 Å². The lowest BCUT2D eigenvalue weighted by molar-refractivity contribution is -0.161. The molecule has 0 aromatic heterocycles. The number of unbranched alkanes of at least 4 members (excludes halogenated alkanes) is 9. The van der Waals surface area contributed by atoms with Crippen molar-refractivity contribution in [2.45, 2.75) is 154 Å². The first-order chi connectivity index (χ1) is 27.1. The van der Waals surface area contributed by atoms with Crippen molar-refractivity contribution < 1.29 is 52.9 Å². The molecule has 0 aliphatic heterocycles. The first-order valence-electron chi connectivity index (χ1n) is 20.7. The van der Waals surface area contributed by atoms with Gasteiger partial charge in [0, 0.05) is 12.8 Å². The molecular weight excluding hydrogens is 735 g/mol. The fraction of sp³-hybridized carbons (Fsp3) is 0.636. The molecule has 12 heteroatoms. The van der Waals surface area contributed by atoms with Crippen molar-refractivity contribution >= 4 is 19.8 Å². The molecule has 0 aromatic rings. The van der Waals surface area contributed by atoms with Crippen molar-refractivity contribution in [1.29, 1.82) is 0 Å². The molecule has 0 bridgehead atoms. The number of esters is 2. The van der Waals surface area contributed by atoms with Gasteiger partial charge in [-0.1, -0.05) is 125 Å². The minimum Gasteiger partial charge on any atom is -0.462 e. The number of ether oxygens (including phenoxy) is 2. The summed E-state index contributed by atoms with van der Waals surface area (Å²) in [4.78, 5) is 34.9. The van der Waals surface area contributed by atoms with E-state index in [0.29, 0.717) is 32.1 Å². The van der Waals surface area contributed by atoms with Gasteiger partial charge < -0.3 is 29.7 Å². The van der Waals surface area contributed by atoms with Crippen LogP contribution in [0.1, 0.15) is 136 Å². The Morgan fingerprint density at radius 2 is 1.12 bits per heavy atom. The average molecular weight is 809 g/mol. The zero-order valence-corrected chi connectivity index (χ0v) is 35.1. The summed E-state index contributed by atoms with van der Waals surface area (Å²) >= 11 is 0. The number of rotatable bonds is 37. The van der Waals surface area contributed by atoms with Gasteiger partial charge in [0.25, 0.3) is 0 Å². The first-order valence-corrected chi connectivity index (χ1v) is 22.1. The summed E-state index contributed by atoms with van der Waals surface area (Å²) in [6.07, 6.45) is 41.6. The Balaban J connectivity index is 4.57. The predicted octanol–water partition coefficient (Wildman–Crippen LogP) is 9.63. The van der Waals surface area contributed by atoms with E-state index >= 15 is 0 Å². The van der Waals surface area contributed by atoms with Crippen molar-refractivity contribution in [1.82, 2.24) is 0 Å². The summed E-state index contributed by atoms with van der Waals surface area (Å²) in [6, 6.07) is 0. The Morgan fingerprint density at radius 3 is 1.73 bits per heavy atom. The molecular formula is C44H73O11P. The maximum Gasteiger partial charge on any atom is 0.472 e. The van der Waals surface area contributed by atoms with Crippen LogP contribution in [0.3, 0.4) is 0 Å². The van der Waals surface area contributed by atoms with Crippen LogP contribution < -0.4 is 0 Å². The van der Waals surface area contributed by atoms with E-state index in [1.54, 1.807) is 6.08 Å². The Morgan fingerprint density at radius 1 is 0.607 bits per heavy atom. The van der Waals surface area contributed by atoms with E-state index in [1.165, 1.54) is 38.5 Å². The minimum atomic E-state index is -4.66. The van der Waals surface area contributed by atoms with Gasteiger partial charge in [0.15, 0.2) is 6.10 Å². The van der Waals surface area contributed by atoms with E-state index in [0.717, 1.165) is 38.5 Å². The number of carbonyl (C=O) groups excluding carboxylic acids is 2. The van der Waals surface area contributed by atoms with E-state index in [2.05, 4.69) is 60.9 Å². The monoisotopic (exact) mass is 808 g/mol. The van der Waals surface area contributed by atoms with Gasteiger partial charge in [-0.05, 0) is 83.5 Å². The number of aliphatic hydroxyl groups is 3. The van der Waals surface area contributed by atoms with Gasteiger partial charge in [-0.2, -0.15) is 0 Å². The predicted molar refractivity (Wildman–Crippen MR) is 225 cm³/mol. The Bertz CT molecular complexity index is 1220. The molecule has 0 heterocycles. The van der Waals surface area contributed by atoms with E-state index in [4.69, 9.17) is 19.1 Å². The summed E-state index contributed by atoms with van der Waals surface area (Å²) in [5, 5.41) is 28.3. The molecule has 0 aliphatic rings. The number of hydrogen-bond acceptors (Lipinski definition) is 10. The van der Waals surface area contributed by atoms with Crippen molar-refractivity contribution in [3.63, 3.8) is 0 Å². The smallest absolute Gasteiger partial charge is 0.462 e. The molecule has 0 saturated heterocycles. The van der Waals surface area contributed by atoms with E-state index in [9.17, 15) is 29.3 Å². The van der Waals surface area contributed by atoms with E-state index < -0.39 is 57.9 Å². The molecule has 0 spiro atoms. The van der Waals surface area contributed by atoms with Crippen molar-refractivity contribution in [3.05, 3.63) is 85.1 Å². The average Bonchev–Trinajstić information content (AvgIpc) is 3.18. The number of phosphoric ester groups is 1. The van der Waals surface area contributed by atoms with Crippen LogP contribution in [0.15, 0.2) is 85.1 Å². The lowest BCUT2D eigenvalue weighted by Crippen LogP contribution is -2.29. The summed E-state index contributed by atoms with van der Waals surface area (Å²) < 4.78 is 32.5. The van der Waals surface area contributed by atoms with Crippen LogP contribution in [0.25, 0.3) is 0 Å². The molecule has 0 aliphatic carbocycles. The van der Waals surface area contributed by atoms with Gasteiger partial charge in [-0.25, -0.2) is 4.57 Å². The van der Waals surface area contributed by atoms with Crippen LogP contribution in [0.4, 0.5) is 0 Å². The summed E-state index contributed by atoms with van der Waals surface area (Å²) in [6.45, 7) is 2.09. The zero-order chi connectivity index (χ0) is 41.4. The second-order valence-corrected chi connectivity index (χ2v) is 15.0. The quantitative estimate of drug-likeness (QED) is 0.0155. The van der Waals surface area contributed by atoms with Gasteiger partial charge in [0.2, 0.25) is 0 Å². The van der Waals surface area contributed by atoms with Crippen LogP contribution >= 0.6 is 7.82 Å². The number of phosphoric acid groups is 1. The van der Waals surface area contributed by atoms with Crippen LogP contribution in [0, 0.1) is 0 Å². The molecule has 0 amide bonds. The first kappa shape index (κ1) is 53.1. The standard InChI is InChI=1S/C44H73O11P/c1-3-5-7-9-11-12-13-14-15-16-17-18-23-27-31-35-44(49)55-42(39-54-56(50,51)53-37-41(47)36-45)38-52-43(48)34-30-26-22-20-19-21-25-29-33-40(46)32-28-24-10-8-6-4-2/h11-12,14-15,17-18,20-22,24-25,28-29,33,40-42,45-47H,3-10,13,16,19,23,26-27,30-32,34-39H2,1-2H3,(H,50,51)/b12-11-,15-14-,18-17-,22-20-,25-21-,28-24-,33-29+/t40-,41+,42-/m1/s1. The highest BCUT2D eigenvalue weighted by Gasteiger charge is 2.27. The lowest BCUT2D eigenvalue weighted by atomic mass is 10.1. The minimum absolute atomic E-state index is 0.107. The Labute approximate surface area is 337 Å². The number of hydrogen-bond donors (Lipinski definition) is 4. The molecule has 0 radical (unpaired) electrons. The topological polar surface area (TPSA) is 169 Å². The highest BCUT2D eigenvalue weighted by atomic mass is 31.2. The molecule has 0 fully saturated rings. The molecule has 4 N–H and O–H groups in total. The van der Waals surface area contributed by atoms with Crippen molar-refractivity contribution in [2.24, 2.45) is 0 Å². The van der Waals surface area contributed by atoms with Gasteiger partial charge in [-0.15, -0.1) is 0 Å². The van der Waals surface area contributed by atoms with Gasteiger partial charge in [0.05, 0.1) is 25.9 Å². The molecule has 0 aromatic carbocycles. The van der Waals surface area contributed by atoms with Gasteiger partial charge in [-0.3, -0.25) is 18.6 Å². The highest BCUT2D eigenvalue weighted by molar-refractivity contribution is 7.47. The summed E-state index contributed by atoms with van der Waals surface area (Å²) in [5.74, 6) is -1.08. The maximum absolute atomic E-state index is 12.6. The number of allylic oxidation sites excluding steroid dienone is 12. The van der Waals surface area contributed by atoms with Gasteiger partial charge in [0.1, 0.15) is 12.7 Å². The lowest BCUT2D eigenvalue weighted by Gasteiger charge is -2.20. The van der Waals surface area contributed by atoms with E-state index in [1.807, 2.05) is 36.5 Å². The summed E-state index contributed by atoms with van der Waals surface area (Å²) in [5.41, 5.74) is 0. The zero-order valence-electron chi connectivity index (χ0n) is 34.2. The normalized spacial score (nSPS) is 15.3. The molecule has 0 rings (SSSR count). The molecule has 320 valence electrons. The molecule has 11 nitrogen and oxygen atoms in total. The fourth-order valence-corrected chi connectivity index (χ4v) is 5.63. The SMILES string of the molecule is CCCCC/C=C\C/C=C\C/C=C\CCCCC(=O)O[C@H](COC(=O)CCC/C=C\C/C=C\C=C\[C@H](O)C/C=C\CCCCC)COP(=O)(O)OC[C@@H](O)CO. The Kier molecular flexibility index (Phi) is 36.9. The molecule has 56 heavy (non-hydrogen) atoms. The van der Waals surface area contributed by atoms with Crippen molar-refractivity contribution in [3.8, 4) is 0 Å². The molecule has 0 saturated carbocycles. The molecule has 4 atom stereocenters. The van der Waals surface area contributed by atoms with Crippen molar-refractivity contribution in [2.75, 3.05) is 26.4 Å². The third-order valence-corrected chi connectivity index (χ3v) is 9.05. The van der Waals surface area contributed by atoms with Crippen LogP contribution in [-0.2, 0) is 32.7 Å². The second kappa shape index (κ2) is 39.0. The van der Waals surface area contributed by atoms with Crippen LogP contribution in [0.5, 0.6) is 0 Å². The fourth-order valence-electron chi connectivity index (χ4n) is 4.84. The maximum atomic E-state index is 12.6. The number of carbonyl (C=O) groups is 2. The Hall–Kier alpha value is -2.89.